The number of allylic oxidation sites excluding steroid dienone is 4. The van der Waals surface area contributed by atoms with Gasteiger partial charge in [-0.05, 0) is 294 Å². The molecular weight excluding hydrogens is 1350 g/mol. The first-order valence-corrected chi connectivity index (χ1v) is 41.8. The first-order chi connectivity index (χ1) is 55.3. The summed E-state index contributed by atoms with van der Waals surface area (Å²) in [6.45, 7) is 4.38. The van der Waals surface area contributed by atoms with Gasteiger partial charge in [0.1, 0.15) is 0 Å². The molecule has 112 heavy (non-hydrogen) atoms. The molecule has 19 rings (SSSR count). The molecule has 0 N–H and O–H groups in total. The largest absolute Gasteiger partial charge is 0.310 e. The molecule has 0 unspecified atom stereocenters. The third-order valence-electron chi connectivity index (χ3n) is 24.9. The third kappa shape index (κ3) is 14.5. The molecule has 4 aliphatic carbocycles. The molecule has 4 saturated carbocycles. The fraction of sp³-hybridized carbons (Fsp3) is 0.200. The van der Waals surface area contributed by atoms with Crippen LogP contribution in [0.5, 0.6) is 0 Å². The van der Waals surface area contributed by atoms with Crippen LogP contribution in [0, 0.1) is 13.8 Å². The lowest BCUT2D eigenvalue weighted by atomic mass is 9.83. The molecule has 0 aromatic heterocycles. The summed E-state index contributed by atoms with van der Waals surface area (Å²) in [5.74, 6) is 0. The third-order valence-corrected chi connectivity index (χ3v) is 24.9. The van der Waals surface area contributed by atoms with Gasteiger partial charge in [0.05, 0.1) is 11.4 Å². The topological polar surface area (TPSA) is 6.48 Å². The second-order valence-corrected chi connectivity index (χ2v) is 32.6. The highest BCUT2D eigenvalue weighted by molar-refractivity contribution is 6.44. The molecular formula is C110H98N2. The average molecular weight is 1450 g/mol. The summed E-state index contributed by atoms with van der Waals surface area (Å²) < 4.78 is 0. The van der Waals surface area contributed by atoms with E-state index in [4.69, 9.17) is 0 Å². The fourth-order valence-corrected chi connectivity index (χ4v) is 19.0. The quantitative estimate of drug-likeness (QED) is 0.0540. The van der Waals surface area contributed by atoms with Gasteiger partial charge in [0.2, 0.25) is 0 Å². The van der Waals surface area contributed by atoms with E-state index in [1.807, 2.05) is 0 Å². The molecule has 548 valence electrons. The Balaban J connectivity index is 0.738. The molecule has 0 bridgehead atoms. The van der Waals surface area contributed by atoms with Crippen LogP contribution in [0.1, 0.15) is 195 Å². The van der Waals surface area contributed by atoms with Gasteiger partial charge in [-0.1, -0.05) is 302 Å². The number of hydrogen-bond acceptors (Lipinski definition) is 2. The van der Waals surface area contributed by atoms with Crippen LogP contribution in [-0.2, 0) is 0 Å². The second-order valence-electron chi connectivity index (χ2n) is 32.6. The Morgan fingerprint density at radius 2 is 0.554 bits per heavy atom. The summed E-state index contributed by atoms with van der Waals surface area (Å²) in [5, 5.41) is 14.9. The van der Waals surface area contributed by atoms with Gasteiger partial charge in [-0.3, -0.25) is 0 Å². The van der Waals surface area contributed by atoms with Gasteiger partial charge in [-0.15, -0.1) is 0 Å². The Morgan fingerprint density at radius 1 is 0.241 bits per heavy atom. The highest BCUT2D eigenvalue weighted by atomic mass is 15.2. The van der Waals surface area contributed by atoms with Crippen LogP contribution in [0.3, 0.4) is 0 Å². The van der Waals surface area contributed by atoms with Crippen molar-refractivity contribution in [2.45, 2.75) is 142 Å². The molecule has 0 spiro atoms. The Kier molecular flexibility index (Phi) is 19.8. The zero-order valence-corrected chi connectivity index (χ0v) is 65.1. The van der Waals surface area contributed by atoms with Gasteiger partial charge in [0.15, 0.2) is 0 Å². The molecule has 4 aliphatic rings. The van der Waals surface area contributed by atoms with Crippen molar-refractivity contribution in [3.8, 4) is 0 Å². The van der Waals surface area contributed by atoms with E-state index in [0.29, 0.717) is 0 Å². The van der Waals surface area contributed by atoms with Crippen LogP contribution < -0.4 is 9.80 Å². The minimum atomic E-state index is 1.10. The molecule has 4 fully saturated rings. The normalized spacial score (nSPS) is 14.8. The molecule has 0 aliphatic heterocycles. The molecule has 2 heteroatoms. The van der Waals surface area contributed by atoms with Crippen molar-refractivity contribution in [3.63, 3.8) is 0 Å². The van der Waals surface area contributed by atoms with E-state index in [1.54, 1.807) is 22.3 Å². The number of nitrogens with zero attached hydrogens (tertiary/aromatic N) is 2. The Morgan fingerprint density at radius 3 is 0.973 bits per heavy atom. The standard InChI is InChI=1S/C110H98N2/c1-75-34-58-92(59-35-75)111(93-62-46-85(47-63-93)72-102(87-50-38-81(39-51-87)68-77-20-7-3-8-21-77)88-52-40-82(41-53-88)69-78-22-9-4-10-23-78)105-67-66-100-107-97-30-17-18-31-98(97)110(101-33-19-32-99(108(101)107)106-96-29-16-15-28-91(96)74-104(105)109(100)106)112(94-60-36-76(2)37-61-94)95-64-48-86(49-65-95)73-103(89-54-42-83(43-55-89)70-79-24-11-5-12-25-79)90-56-44-84(45-57-90)71-80-26-13-6-14-27-80/h15-19,28-74H,3-14,20-27H2,1-2H3. The molecule has 0 saturated heterocycles. The van der Waals surface area contributed by atoms with Crippen molar-refractivity contribution in [1.29, 1.82) is 0 Å². The first-order valence-electron chi connectivity index (χ1n) is 41.8. The predicted octanol–water partition coefficient (Wildman–Crippen LogP) is 32.2. The maximum absolute atomic E-state index is 2.54. The van der Waals surface area contributed by atoms with E-state index in [2.05, 4.69) is 339 Å². The van der Waals surface area contributed by atoms with Crippen molar-refractivity contribution >= 4 is 146 Å². The summed E-state index contributed by atoms with van der Waals surface area (Å²) in [6.07, 6.45) is 40.1. The van der Waals surface area contributed by atoms with Gasteiger partial charge in [-0.2, -0.15) is 0 Å². The Bertz CT molecular complexity index is 5970. The van der Waals surface area contributed by atoms with Gasteiger partial charge in [0, 0.05) is 49.7 Å². The summed E-state index contributed by atoms with van der Waals surface area (Å²) in [4.78, 5) is 5.04. The lowest BCUT2D eigenvalue weighted by Gasteiger charge is -2.31. The monoisotopic (exact) mass is 1450 g/mol. The minimum Gasteiger partial charge on any atom is -0.310 e. The SMILES string of the molecule is Cc1ccc(N(c2ccc(C=C(c3ccc(C=C4CCCCC4)cc3)c3ccc(C=C4CCCCC4)cc3)cc2)c2ccc3c4c2cc2ccccc2c4c2cccc4c(N(c5ccc(C)cc5)c5ccc(C=C(c6ccc(C=C7CCCCC7)cc6)c6ccc(C=C7CCCCC7)cc6)cc5)c5ccccc5c3c42)cc1. The maximum Gasteiger partial charge on any atom is 0.0619 e. The lowest BCUT2D eigenvalue weighted by Crippen LogP contribution is -2.12. The van der Waals surface area contributed by atoms with Gasteiger partial charge < -0.3 is 9.80 Å². The smallest absolute Gasteiger partial charge is 0.0619 e. The van der Waals surface area contributed by atoms with E-state index in [-0.39, 0.29) is 0 Å². The highest BCUT2D eigenvalue weighted by Gasteiger charge is 2.28. The summed E-state index contributed by atoms with van der Waals surface area (Å²) in [7, 11) is 0. The predicted molar refractivity (Wildman–Crippen MR) is 485 cm³/mol. The zero-order valence-electron chi connectivity index (χ0n) is 65.1. The van der Waals surface area contributed by atoms with Crippen molar-refractivity contribution in [2.75, 3.05) is 9.80 Å². The number of benzene rings is 15. The van der Waals surface area contributed by atoms with Crippen molar-refractivity contribution in [3.05, 3.63) is 368 Å². The van der Waals surface area contributed by atoms with Crippen molar-refractivity contribution < 1.29 is 0 Å². The maximum atomic E-state index is 2.54. The van der Waals surface area contributed by atoms with Crippen LogP contribution in [0.25, 0.3) is 112 Å². The van der Waals surface area contributed by atoms with Crippen molar-refractivity contribution in [1.82, 2.24) is 0 Å². The van der Waals surface area contributed by atoms with Crippen LogP contribution in [-0.4, -0.2) is 0 Å². The molecule has 2 nitrogen and oxygen atoms in total. The van der Waals surface area contributed by atoms with Crippen molar-refractivity contribution in [2.24, 2.45) is 0 Å². The van der Waals surface area contributed by atoms with Crippen LogP contribution in [0.4, 0.5) is 34.1 Å². The number of hydrogen-bond donors (Lipinski definition) is 0. The van der Waals surface area contributed by atoms with E-state index in [0.717, 1.165) is 39.6 Å². The van der Waals surface area contributed by atoms with Gasteiger partial charge in [-0.25, -0.2) is 0 Å². The minimum absolute atomic E-state index is 1.10. The van der Waals surface area contributed by atoms with E-state index < -0.39 is 0 Å². The first kappa shape index (κ1) is 70.5. The number of aryl methyl sites for hydroxylation is 2. The molecule has 15 aromatic rings. The van der Waals surface area contributed by atoms with Crippen LogP contribution >= 0.6 is 0 Å². The van der Waals surface area contributed by atoms with Crippen LogP contribution in [0.15, 0.2) is 301 Å². The van der Waals surface area contributed by atoms with E-state index in [1.165, 1.54) is 266 Å². The molecule has 15 aromatic carbocycles. The van der Waals surface area contributed by atoms with Crippen LogP contribution in [0.2, 0.25) is 0 Å². The molecule has 0 amide bonds. The number of fused-ring (bicyclic) bond motifs is 6. The summed E-state index contributed by atoms with van der Waals surface area (Å²) in [6, 6.07) is 107. The Hall–Kier alpha value is -11.8. The molecule has 0 atom stereocenters. The number of rotatable bonds is 16. The average Bonchev–Trinajstić information content (AvgIpc) is 0.934. The Labute approximate surface area is 662 Å². The summed E-state index contributed by atoms with van der Waals surface area (Å²) >= 11 is 0. The van der Waals surface area contributed by atoms with Gasteiger partial charge >= 0.3 is 0 Å². The second kappa shape index (κ2) is 31.5. The van der Waals surface area contributed by atoms with E-state index in [9.17, 15) is 0 Å². The lowest BCUT2D eigenvalue weighted by molar-refractivity contribution is 0.602. The fourth-order valence-electron chi connectivity index (χ4n) is 19.0. The molecule has 0 radical (unpaired) electrons. The van der Waals surface area contributed by atoms with E-state index >= 15 is 0 Å². The number of anilines is 6. The molecule has 0 heterocycles. The highest BCUT2D eigenvalue weighted by Crippen LogP contribution is 2.54. The zero-order chi connectivity index (χ0) is 74.9. The summed E-state index contributed by atoms with van der Waals surface area (Å²) in [5.41, 5.74) is 30.3. The van der Waals surface area contributed by atoms with Gasteiger partial charge in [0.25, 0.3) is 0 Å².